The third-order valence-corrected chi connectivity index (χ3v) is 11.0. The van der Waals surface area contributed by atoms with Crippen LogP contribution in [0, 0.1) is 22.9 Å². The number of esters is 2. The van der Waals surface area contributed by atoms with Crippen LogP contribution in [-0.2, 0) is 27.2 Å². The number of pyridine rings is 1. The lowest BCUT2D eigenvalue weighted by atomic mass is 9.86. The van der Waals surface area contributed by atoms with E-state index >= 15 is 0 Å². The average Bonchev–Trinajstić information content (AvgIpc) is 4.01. The molecule has 3 aliphatic heterocycles. The van der Waals surface area contributed by atoms with Crippen molar-refractivity contribution in [2.24, 2.45) is 11.8 Å². The highest BCUT2D eigenvalue weighted by molar-refractivity contribution is 6.35. The van der Waals surface area contributed by atoms with Crippen LogP contribution in [0.5, 0.6) is 11.5 Å². The Morgan fingerprint density at radius 2 is 1.68 bits per heavy atom. The van der Waals surface area contributed by atoms with Crippen molar-refractivity contribution in [2.75, 3.05) is 26.2 Å². The van der Waals surface area contributed by atoms with Gasteiger partial charge in [-0.25, -0.2) is 14.0 Å². The molecule has 56 heavy (non-hydrogen) atoms. The molecule has 0 spiro atoms. The van der Waals surface area contributed by atoms with Gasteiger partial charge in [-0.3, -0.25) is 10.2 Å². The van der Waals surface area contributed by atoms with E-state index in [0.717, 1.165) is 51.2 Å². The lowest BCUT2D eigenvalue weighted by molar-refractivity contribution is -0.605. The zero-order valence-corrected chi connectivity index (χ0v) is 31.7. The summed E-state index contributed by atoms with van der Waals surface area (Å²) < 4.78 is 64.0. The van der Waals surface area contributed by atoms with Gasteiger partial charge in [0.05, 0.1) is 12.2 Å². The van der Waals surface area contributed by atoms with Crippen molar-refractivity contribution in [3.05, 3.63) is 128 Å². The summed E-state index contributed by atoms with van der Waals surface area (Å²) >= 11 is 12.8. The third kappa shape index (κ3) is 10.0. The lowest BCUT2D eigenvalue weighted by Crippen LogP contribution is -2.52. The summed E-state index contributed by atoms with van der Waals surface area (Å²) in [7, 11) is 0. The van der Waals surface area contributed by atoms with E-state index in [0.29, 0.717) is 46.1 Å². The van der Waals surface area contributed by atoms with Gasteiger partial charge in [-0.15, -0.1) is 0 Å². The van der Waals surface area contributed by atoms with E-state index in [1.54, 1.807) is 30.3 Å². The smallest absolute Gasteiger partial charge is 0.387 e. The first-order valence-corrected chi connectivity index (χ1v) is 19.2. The first-order chi connectivity index (χ1) is 27.0. The van der Waals surface area contributed by atoms with E-state index in [1.807, 2.05) is 0 Å². The zero-order valence-electron chi connectivity index (χ0n) is 30.2. The van der Waals surface area contributed by atoms with Crippen molar-refractivity contribution in [3.8, 4) is 11.5 Å². The molecule has 2 unspecified atom stereocenters. The van der Waals surface area contributed by atoms with Crippen LogP contribution >= 0.6 is 23.2 Å². The first kappa shape index (κ1) is 39.7. The van der Waals surface area contributed by atoms with Gasteiger partial charge >= 0.3 is 18.6 Å². The largest absolute Gasteiger partial charge is 0.619 e. The Bertz CT molecular complexity index is 2020. The van der Waals surface area contributed by atoms with Crippen molar-refractivity contribution >= 4 is 35.1 Å². The number of halogens is 5. The van der Waals surface area contributed by atoms with Crippen LogP contribution in [0.15, 0.2) is 79.1 Å². The molecule has 1 N–H and O–H groups in total. The molecule has 296 valence electrons. The summed E-state index contributed by atoms with van der Waals surface area (Å²) in [5.74, 6) is -1.30. The number of rotatable bonds is 16. The fourth-order valence-electron chi connectivity index (χ4n) is 7.17. The highest BCUT2D eigenvalue weighted by Crippen LogP contribution is 2.38. The summed E-state index contributed by atoms with van der Waals surface area (Å²) in [5, 5.41) is 15.2. The average molecular weight is 815 g/mol. The summed E-state index contributed by atoms with van der Waals surface area (Å²) in [4.78, 5) is 29.8. The maximum absolute atomic E-state index is 14.4. The number of benzene rings is 3. The molecule has 10 nitrogen and oxygen atoms in total. The van der Waals surface area contributed by atoms with Gasteiger partial charge in [0, 0.05) is 25.1 Å². The number of carbonyl (C=O) groups is 2. The Hall–Kier alpha value is -4.56. The summed E-state index contributed by atoms with van der Waals surface area (Å²) in [5.41, 5.74) is 1.87. The molecule has 1 saturated carbocycles. The van der Waals surface area contributed by atoms with Crippen LogP contribution in [0.2, 0.25) is 10.0 Å². The Morgan fingerprint density at radius 1 is 0.929 bits per heavy atom. The quantitative estimate of drug-likeness (QED) is 0.0689. The van der Waals surface area contributed by atoms with Crippen molar-refractivity contribution in [2.45, 2.75) is 63.5 Å². The van der Waals surface area contributed by atoms with E-state index in [4.69, 9.17) is 42.1 Å². The summed E-state index contributed by atoms with van der Waals surface area (Å²) in [6.45, 7) is -0.0550. The van der Waals surface area contributed by atoms with Crippen LogP contribution in [-0.4, -0.2) is 55.8 Å². The number of hydrogen-bond acceptors (Lipinski definition) is 9. The Kier molecular flexibility index (Phi) is 12.5. The molecule has 8 rings (SSSR count). The first-order valence-electron chi connectivity index (χ1n) is 18.5. The summed E-state index contributed by atoms with van der Waals surface area (Å²) in [6.07, 6.45) is 4.66. The van der Waals surface area contributed by atoms with Gasteiger partial charge in [-0.2, -0.15) is 13.5 Å². The maximum atomic E-state index is 14.4. The normalized spacial score (nSPS) is 20.0. The highest BCUT2D eigenvalue weighted by Gasteiger charge is 2.38. The molecule has 4 heterocycles. The minimum atomic E-state index is -3.10. The van der Waals surface area contributed by atoms with Crippen LogP contribution in [0.25, 0.3) is 0 Å². The number of alkyl halides is 2. The van der Waals surface area contributed by atoms with Crippen LogP contribution in [0.1, 0.15) is 70.4 Å². The second-order valence-corrected chi connectivity index (χ2v) is 15.2. The molecular weight excluding hydrogens is 774 g/mol. The maximum Gasteiger partial charge on any atom is 0.387 e. The Balaban J connectivity index is 1.11. The molecular formula is C41H40Cl2F3N3O7. The van der Waals surface area contributed by atoms with Gasteiger partial charge in [-0.05, 0) is 104 Å². The lowest BCUT2D eigenvalue weighted by Gasteiger charge is -2.44. The molecule has 4 fully saturated rings. The Labute approximate surface area is 332 Å². The zero-order chi connectivity index (χ0) is 39.3. The second-order valence-electron chi connectivity index (χ2n) is 14.4. The molecule has 15 heteroatoms. The third-order valence-electron chi connectivity index (χ3n) is 10.4. The molecule has 2 bridgehead atoms. The number of ether oxygens (including phenoxy) is 4. The SMILES string of the molecule is O=C(OC(Cc1c(Cl)c[n+]([O-])cc1Cl)c1ccc(OC(F)F)c(OCC2CC2)c1)c1cccc(CNC(C(=O)O[C@H]2CN3CCC2CC3)c2cccc(F)c2)c1. The molecule has 4 aromatic rings. The van der Waals surface area contributed by atoms with Gasteiger partial charge in [0.15, 0.2) is 23.9 Å². The van der Waals surface area contributed by atoms with Gasteiger partial charge in [0.2, 0.25) is 0 Å². The van der Waals surface area contributed by atoms with Crippen molar-refractivity contribution in [1.29, 1.82) is 0 Å². The number of carbonyl (C=O) groups excluding carboxylic acids is 2. The van der Waals surface area contributed by atoms with E-state index in [-0.39, 0.29) is 52.1 Å². The fraction of sp³-hybridized carbons (Fsp3) is 0.390. The van der Waals surface area contributed by atoms with E-state index in [2.05, 4.69) is 10.2 Å². The number of fused-ring (bicyclic) bond motifs is 3. The molecule has 4 aliphatic rings. The van der Waals surface area contributed by atoms with Crippen LogP contribution < -0.4 is 19.5 Å². The van der Waals surface area contributed by atoms with Crippen molar-refractivity contribution < 1.29 is 46.4 Å². The van der Waals surface area contributed by atoms with Crippen molar-refractivity contribution in [1.82, 2.24) is 10.2 Å². The number of hydrogen-bond donors (Lipinski definition) is 1. The van der Waals surface area contributed by atoms with Crippen LogP contribution in [0.3, 0.4) is 0 Å². The van der Waals surface area contributed by atoms with Gasteiger partial charge in [0.1, 0.15) is 34.1 Å². The molecule has 3 saturated heterocycles. The molecule has 0 amide bonds. The Morgan fingerprint density at radius 3 is 2.36 bits per heavy atom. The minimum absolute atomic E-state index is 0.0318. The molecule has 1 aromatic heterocycles. The van der Waals surface area contributed by atoms with E-state index < -0.39 is 36.5 Å². The van der Waals surface area contributed by atoms with Gasteiger partial charge in [0.25, 0.3) is 0 Å². The number of aromatic nitrogens is 1. The molecule has 3 atom stereocenters. The van der Waals surface area contributed by atoms with E-state index in [9.17, 15) is 28.0 Å². The molecule has 1 aliphatic carbocycles. The molecule has 3 aromatic carbocycles. The predicted molar refractivity (Wildman–Crippen MR) is 200 cm³/mol. The number of piperidine rings is 3. The predicted octanol–water partition coefficient (Wildman–Crippen LogP) is 7.77. The highest BCUT2D eigenvalue weighted by atomic mass is 35.5. The minimum Gasteiger partial charge on any atom is -0.619 e. The van der Waals surface area contributed by atoms with Gasteiger partial charge < -0.3 is 24.2 Å². The number of nitrogens with zero attached hydrogens (tertiary/aromatic N) is 2. The number of nitrogens with one attached hydrogen (secondary N) is 1. The topological polar surface area (TPSA) is 113 Å². The standard InChI is InChI=1S/C41H40Cl2F3N3O7/c42-32-20-49(52)21-33(43)31(32)18-35(27-9-10-34(56-41(45)46)36(17-27)53-23-24-7-8-24)54-39(50)29-5-1-3-25(15-29)19-47-38(28-4-2-6-30(44)16-28)40(51)55-37-22-48-13-11-26(37)12-14-48/h1-6,9-10,15-17,20-21,24,26,35,37-38,41,47H,7-8,11-14,18-19,22-23H2/t35?,37-,38?/m0/s1. The van der Waals surface area contributed by atoms with Crippen LogP contribution in [0.4, 0.5) is 13.2 Å². The molecule has 0 radical (unpaired) electrons. The van der Waals surface area contributed by atoms with Gasteiger partial charge in [-0.1, -0.05) is 53.5 Å². The second kappa shape index (κ2) is 17.7. The van der Waals surface area contributed by atoms with Crippen molar-refractivity contribution in [3.63, 3.8) is 0 Å². The van der Waals surface area contributed by atoms with E-state index in [1.165, 1.54) is 36.4 Å². The monoisotopic (exact) mass is 813 g/mol. The summed E-state index contributed by atoms with van der Waals surface area (Å²) in [6, 6.07) is 15.6. The fourth-order valence-corrected chi connectivity index (χ4v) is 7.77.